The Morgan fingerprint density at radius 3 is 1.21 bits per heavy atom. The summed E-state index contributed by atoms with van der Waals surface area (Å²) in [7, 11) is 7.72. The SMILES string of the molecule is CCC(=N\N(C)C)/C(CC)=N/N(C)C. The number of hydrogen-bond donors (Lipinski definition) is 0. The van der Waals surface area contributed by atoms with E-state index in [1.54, 1.807) is 0 Å². The zero-order chi connectivity index (χ0) is 11.1. The van der Waals surface area contributed by atoms with Crippen molar-refractivity contribution in [2.45, 2.75) is 26.7 Å². The van der Waals surface area contributed by atoms with Crippen molar-refractivity contribution < 1.29 is 0 Å². The molecule has 0 N–H and O–H groups in total. The molecule has 4 nitrogen and oxygen atoms in total. The molecule has 0 aromatic carbocycles. The highest BCUT2D eigenvalue weighted by molar-refractivity contribution is 6.42. The van der Waals surface area contributed by atoms with Crippen molar-refractivity contribution in [2.75, 3.05) is 28.2 Å². The van der Waals surface area contributed by atoms with E-state index in [1.807, 2.05) is 38.2 Å². The Morgan fingerprint density at radius 1 is 0.786 bits per heavy atom. The van der Waals surface area contributed by atoms with Gasteiger partial charge >= 0.3 is 0 Å². The Labute approximate surface area is 87.3 Å². The summed E-state index contributed by atoms with van der Waals surface area (Å²) in [6.45, 7) is 4.20. The van der Waals surface area contributed by atoms with E-state index in [1.165, 1.54) is 0 Å². The third-order valence-corrected chi connectivity index (χ3v) is 1.64. The van der Waals surface area contributed by atoms with Gasteiger partial charge in [0.25, 0.3) is 0 Å². The Bertz CT molecular complexity index is 192. The maximum absolute atomic E-state index is 4.41. The first-order valence-electron chi connectivity index (χ1n) is 5.01. The van der Waals surface area contributed by atoms with Crippen LogP contribution in [0, 0.1) is 0 Å². The van der Waals surface area contributed by atoms with Crippen LogP contribution in [0.5, 0.6) is 0 Å². The molecule has 0 saturated carbocycles. The standard InChI is InChI=1S/C10H22N4/c1-7-9(11-13(3)4)10(8-2)12-14(5)6/h7-8H2,1-6H3/b11-9+,12-10+. The van der Waals surface area contributed by atoms with Gasteiger partial charge in [0, 0.05) is 28.2 Å². The summed E-state index contributed by atoms with van der Waals surface area (Å²) >= 11 is 0. The summed E-state index contributed by atoms with van der Waals surface area (Å²) in [4.78, 5) is 0. The molecule has 0 aliphatic carbocycles. The maximum atomic E-state index is 4.41. The van der Waals surface area contributed by atoms with Crippen molar-refractivity contribution in [3.63, 3.8) is 0 Å². The summed E-state index contributed by atoms with van der Waals surface area (Å²) < 4.78 is 0. The highest BCUT2D eigenvalue weighted by Crippen LogP contribution is 1.98. The van der Waals surface area contributed by atoms with Crippen LogP contribution < -0.4 is 0 Å². The Balaban J connectivity index is 4.79. The summed E-state index contributed by atoms with van der Waals surface area (Å²) in [5.41, 5.74) is 2.12. The number of nitrogens with zero attached hydrogens (tertiary/aromatic N) is 4. The molecular formula is C10H22N4. The first-order chi connectivity index (χ1) is 6.51. The Kier molecular flexibility index (Phi) is 5.92. The van der Waals surface area contributed by atoms with E-state index in [4.69, 9.17) is 0 Å². The summed E-state index contributed by atoms with van der Waals surface area (Å²) in [5.74, 6) is 0. The lowest BCUT2D eigenvalue weighted by Crippen LogP contribution is -2.20. The molecule has 4 heteroatoms. The van der Waals surface area contributed by atoms with Gasteiger partial charge in [0.15, 0.2) is 0 Å². The van der Waals surface area contributed by atoms with Crippen molar-refractivity contribution in [2.24, 2.45) is 10.2 Å². The van der Waals surface area contributed by atoms with E-state index in [9.17, 15) is 0 Å². The van der Waals surface area contributed by atoms with Crippen LogP contribution in [-0.2, 0) is 0 Å². The molecule has 0 atom stereocenters. The minimum Gasteiger partial charge on any atom is -0.303 e. The van der Waals surface area contributed by atoms with Crippen LogP contribution in [0.3, 0.4) is 0 Å². The lowest BCUT2D eigenvalue weighted by atomic mass is 10.1. The minimum absolute atomic E-state index is 0.915. The van der Waals surface area contributed by atoms with E-state index in [0.29, 0.717) is 0 Å². The van der Waals surface area contributed by atoms with Gasteiger partial charge in [-0.25, -0.2) is 0 Å². The minimum atomic E-state index is 0.915. The lowest BCUT2D eigenvalue weighted by Gasteiger charge is -2.13. The summed E-state index contributed by atoms with van der Waals surface area (Å²) in [5, 5.41) is 12.5. The second kappa shape index (κ2) is 6.40. The van der Waals surface area contributed by atoms with Gasteiger partial charge in [0.1, 0.15) is 0 Å². The van der Waals surface area contributed by atoms with Crippen molar-refractivity contribution >= 4 is 11.4 Å². The van der Waals surface area contributed by atoms with Crippen molar-refractivity contribution in [3.8, 4) is 0 Å². The fraction of sp³-hybridized carbons (Fsp3) is 0.800. The third kappa shape index (κ3) is 4.84. The monoisotopic (exact) mass is 198 g/mol. The van der Waals surface area contributed by atoms with Gasteiger partial charge in [0.05, 0.1) is 11.4 Å². The van der Waals surface area contributed by atoms with Crippen LogP contribution in [0.15, 0.2) is 10.2 Å². The summed E-state index contributed by atoms with van der Waals surface area (Å²) in [6, 6.07) is 0. The zero-order valence-electron chi connectivity index (χ0n) is 10.2. The number of hydrazone groups is 2. The van der Waals surface area contributed by atoms with E-state index < -0.39 is 0 Å². The number of rotatable bonds is 5. The fourth-order valence-corrected chi connectivity index (χ4v) is 1.15. The molecule has 0 saturated heterocycles. The molecule has 0 aliphatic heterocycles. The Hall–Kier alpha value is -1.06. The van der Waals surface area contributed by atoms with E-state index >= 15 is 0 Å². The van der Waals surface area contributed by atoms with Gasteiger partial charge in [-0.15, -0.1) is 0 Å². The molecule has 82 valence electrons. The van der Waals surface area contributed by atoms with Gasteiger partial charge in [-0.05, 0) is 12.8 Å². The molecule has 0 amide bonds. The predicted octanol–water partition coefficient (Wildman–Crippen LogP) is 1.64. The smallest absolute Gasteiger partial charge is 0.0834 e. The molecule has 14 heavy (non-hydrogen) atoms. The first kappa shape index (κ1) is 12.9. The van der Waals surface area contributed by atoms with Crippen LogP contribution >= 0.6 is 0 Å². The predicted molar refractivity (Wildman–Crippen MR) is 62.8 cm³/mol. The fourth-order valence-electron chi connectivity index (χ4n) is 1.15. The topological polar surface area (TPSA) is 31.2 Å². The van der Waals surface area contributed by atoms with E-state index in [2.05, 4.69) is 24.1 Å². The average Bonchev–Trinajstić information content (AvgIpc) is 2.10. The molecule has 0 fully saturated rings. The van der Waals surface area contributed by atoms with Gasteiger partial charge in [0.2, 0.25) is 0 Å². The molecule has 0 unspecified atom stereocenters. The third-order valence-electron chi connectivity index (χ3n) is 1.64. The molecule has 0 heterocycles. The van der Waals surface area contributed by atoms with Gasteiger partial charge in [-0.1, -0.05) is 13.8 Å². The molecule has 0 spiro atoms. The van der Waals surface area contributed by atoms with Crippen LogP contribution in [-0.4, -0.2) is 49.6 Å². The Morgan fingerprint density at radius 2 is 1.07 bits per heavy atom. The average molecular weight is 198 g/mol. The second-order valence-electron chi connectivity index (χ2n) is 3.49. The molecule has 0 bridgehead atoms. The van der Waals surface area contributed by atoms with Gasteiger partial charge < -0.3 is 10.0 Å². The van der Waals surface area contributed by atoms with E-state index in [0.717, 1.165) is 24.3 Å². The van der Waals surface area contributed by atoms with Gasteiger partial charge in [-0.2, -0.15) is 10.2 Å². The highest BCUT2D eigenvalue weighted by atomic mass is 15.4. The molecule has 0 rings (SSSR count). The molecule has 0 aromatic heterocycles. The molecular weight excluding hydrogens is 176 g/mol. The lowest BCUT2D eigenvalue weighted by molar-refractivity contribution is 0.431. The summed E-state index contributed by atoms with van der Waals surface area (Å²) in [6.07, 6.45) is 1.83. The second-order valence-corrected chi connectivity index (χ2v) is 3.49. The van der Waals surface area contributed by atoms with Crippen LogP contribution in [0.1, 0.15) is 26.7 Å². The van der Waals surface area contributed by atoms with Crippen LogP contribution in [0.4, 0.5) is 0 Å². The maximum Gasteiger partial charge on any atom is 0.0834 e. The highest BCUT2D eigenvalue weighted by Gasteiger charge is 2.06. The van der Waals surface area contributed by atoms with Crippen LogP contribution in [0.2, 0.25) is 0 Å². The quantitative estimate of drug-likeness (QED) is 0.497. The van der Waals surface area contributed by atoms with Crippen molar-refractivity contribution in [1.29, 1.82) is 0 Å². The van der Waals surface area contributed by atoms with Crippen molar-refractivity contribution in [1.82, 2.24) is 10.0 Å². The van der Waals surface area contributed by atoms with Gasteiger partial charge in [-0.3, -0.25) is 0 Å². The number of hydrogen-bond acceptors (Lipinski definition) is 4. The van der Waals surface area contributed by atoms with Crippen molar-refractivity contribution in [3.05, 3.63) is 0 Å². The molecule has 0 radical (unpaired) electrons. The largest absolute Gasteiger partial charge is 0.303 e. The van der Waals surface area contributed by atoms with Crippen LogP contribution in [0.25, 0.3) is 0 Å². The molecule has 0 aliphatic rings. The zero-order valence-corrected chi connectivity index (χ0v) is 10.2. The molecule has 0 aromatic rings. The normalized spacial score (nSPS) is 13.0. The van der Waals surface area contributed by atoms with E-state index in [-0.39, 0.29) is 0 Å². The first-order valence-corrected chi connectivity index (χ1v) is 5.01.